The van der Waals surface area contributed by atoms with Gasteiger partial charge >= 0.3 is 5.97 Å². The number of nitrogens with zero attached hydrogens (tertiary/aromatic N) is 3. The Balaban J connectivity index is 2.74. The number of hydrogen-bond acceptors (Lipinski definition) is 5. The van der Waals surface area contributed by atoms with Crippen LogP contribution in [-0.2, 0) is 16.1 Å². The van der Waals surface area contributed by atoms with Crippen molar-refractivity contribution in [1.82, 2.24) is 4.90 Å². The summed E-state index contributed by atoms with van der Waals surface area (Å²) in [6, 6.07) is 11.1. The first kappa shape index (κ1) is 13.7. The first-order valence-electron chi connectivity index (χ1n) is 5.34. The highest BCUT2D eigenvalue weighted by molar-refractivity contribution is 5.71. The van der Waals surface area contributed by atoms with Crippen molar-refractivity contribution < 1.29 is 9.53 Å². The summed E-state index contributed by atoms with van der Waals surface area (Å²) in [6.07, 6.45) is 0. The van der Waals surface area contributed by atoms with Crippen molar-refractivity contribution in [2.24, 2.45) is 0 Å². The molecule has 0 aromatic heterocycles. The Bertz CT molecular complexity index is 500. The lowest BCUT2D eigenvalue weighted by atomic mass is 10.1. The van der Waals surface area contributed by atoms with Crippen LogP contribution in [0.25, 0.3) is 0 Å². The van der Waals surface area contributed by atoms with Gasteiger partial charge in [-0.1, -0.05) is 12.1 Å². The van der Waals surface area contributed by atoms with E-state index in [1.54, 1.807) is 23.1 Å². The second-order valence-electron chi connectivity index (χ2n) is 3.69. The first-order valence-corrected chi connectivity index (χ1v) is 5.34. The van der Waals surface area contributed by atoms with E-state index in [9.17, 15) is 4.79 Å². The number of carbonyl (C=O) groups excluding carboxylic acids is 1. The number of nitriles is 2. The minimum absolute atomic E-state index is 0.0564. The van der Waals surface area contributed by atoms with Gasteiger partial charge in [0.05, 0.1) is 37.9 Å². The highest BCUT2D eigenvalue weighted by atomic mass is 16.5. The largest absolute Gasteiger partial charge is 0.468 e. The molecular weight excluding hydrogens is 230 g/mol. The molecule has 0 amide bonds. The van der Waals surface area contributed by atoms with Crippen LogP contribution in [-0.4, -0.2) is 31.1 Å². The molecule has 1 rings (SSSR count). The Morgan fingerprint density at radius 1 is 1.44 bits per heavy atom. The molecular formula is C13H13N3O2. The molecule has 18 heavy (non-hydrogen) atoms. The van der Waals surface area contributed by atoms with E-state index >= 15 is 0 Å². The normalized spacial score (nSPS) is 9.56. The Labute approximate surface area is 106 Å². The number of benzene rings is 1. The van der Waals surface area contributed by atoms with Crippen LogP contribution in [0.4, 0.5) is 0 Å². The summed E-state index contributed by atoms with van der Waals surface area (Å²) in [5.74, 6) is -0.387. The molecule has 0 aliphatic heterocycles. The van der Waals surface area contributed by atoms with Gasteiger partial charge in [0.15, 0.2) is 0 Å². The lowest BCUT2D eigenvalue weighted by Gasteiger charge is -2.17. The van der Waals surface area contributed by atoms with E-state index in [0.717, 1.165) is 5.56 Å². The van der Waals surface area contributed by atoms with Crippen molar-refractivity contribution in [3.63, 3.8) is 0 Å². The van der Waals surface area contributed by atoms with Gasteiger partial charge in [-0.05, 0) is 17.7 Å². The van der Waals surface area contributed by atoms with Crippen molar-refractivity contribution in [2.75, 3.05) is 20.2 Å². The molecule has 92 valence electrons. The fourth-order valence-electron chi connectivity index (χ4n) is 1.51. The quantitative estimate of drug-likeness (QED) is 0.570. The van der Waals surface area contributed by atoms with Gasteiger partial charge in [-0.25, -0.2) is 0 Å². The summed E-state index contributed by atoms with van der Waals surface area (Å²) in [5, 5.41) is 17.5. The van der Waals surface area contributed by atoms with Crippen LogP contribution in [0.5, 0.6) is 0 Å². The molecule has 5 heteroatoms. The molecule has 0 radical (unpaired) electrons. The first-order chi connectivity index (χ1) is 8.69. The van der Waals surface area contributed by atoms with Gasteiger partial charge in [0.2, 0.25) is 0 Å². The van der Waals surface area contributed by atoms with E-state index in [0.29, 0.717) is 12.1 Å². The maximum atomic E-state index is 11.2. The van der Waals surface area contributed by atoms with Crippen molar-refractivity contribution in [3.05, 3.63) is 35.4 Å². The standard InChI is InChI=1S/C13H13N3O2/c1-18-13(17)10-16(6-5-14)9-12-4-2-3-11(7-12)8-15/h2-4,7H,6,9-10H2,1H3. The number of carbonyl (C=O) groups is 1. The van der Waals surface area contributed by atoms with Crippen LogP contribution in [0, 0.1) is 22.7 Å². The maximum absolute atomic E-state index is 11.2. The van der Waals surface area contributed by atoms with E-state index in [4.69, 9.17) is 10.5 Å². The Hall–Kier alpha value is -2.37. The minimum Gasteiger partial charge on any atom is -0.468 e. The molecule has 0 heterocycles. The van der Waals surface area contributed by atoms with Gasteiger partial charge in [0, 0.05) is 6.54 Å². The van der Waals surface area contributed by atoms with Gasteiger partial charge in [0.25, 0.3) is 0 Å². The Morgan fingerprint density at radius 3 is 2.83 bits per heavy atom. The SMILES string of the molecule is COC(=O)CN(CC#N)Cc1cccc(C#N)c1. The van der Waals surface area contributed by atoms with Crippen molar-refractivity contribution in [3.8, 4) is 12.1 Å². The van der Waals surface area contributed by atoms with E-state index in [1.807, 2.05) is 18.2 Å². The van der Waals surface area contributed by atoms with E-state index in [1.165, 1.54) is 7.11 Å². The van der Waals surface area contributed by atoms with Crippen molar-refractivity contribution in [2.45, 2.75) is 6.54 Å². The third kappa shape index (κ3) is 4.25. The molecule has 0 saturated heterocycles. The molecule has 1 aromatic carbocycles. The van der Waals surface area contributed by atoms with Gasteiger partial charge < -0.3 is 4.74 Å². The Kier molecular flexibility index (Phi) is 5.37. The van der Waals surface area contributed by atoms with Crippen LogP contribution >= 0.6 is 0 Å². The van der Waals surface area contributed by atoms with Gasteiger partial charge in [-0.3, -0.25) is 9.69 Å². The van der Waals surface area contributed by atoms with Crippen LogP contribution in [0.3, 0.4) is 0 Å². The summed E-state index contributed by atoms with van der Waals surface area (Å²) in [7, 11) is 1.31. The molecule has 0 fully saturated rings. The predicted octanol–water partition coefficient (Wildman–Crippen LogP) is 1.06. The molecule has 0 saturated carbocycles. The topological polar surface area (TPSA) is 77.1 Å². The molecule has 0 atom stereocenters. The third-order valence-corrected chi connectivity index (χ3v) is 2.34. The van der Waals surface area contributed by atoms with Gasteiger partial charge in [0.1, 0.15) is 0 Å². The van der Waals surface area contributed by atoms with Crippen LogP contribution in [0.15, 0.2) is 24.3 Å². The fourth-order valence-corrected chi connectivity index (χ4v) is 1.51. The summed E-state index contributed by atoms with van der Waals surface area (Å²) in [6.45, 7) is 0.616. The zero-order valence-electron chi connectivity index (χ0n) is 10.1. The zero-order valence-corrected chi connectivity index (χ0v) is 10.1. The molecule has 5 nitrogen and oxygen atoms in total. The number of ether oxygens (including phenoxy) is 1. The molecule has 0 aliphatic rings. The van der Waals surface area contributed by atoms with E-state index < -0.39 is 0 Å². The smallest absolute Gasteiger partial charge is 0.319 e. The molecule has 0 spiro atoms. The zero-order chi connectivity index (χ0) is 13.4. The third-order valence-electron chi connectivity index (χ3n) is 2.34. The maximum Gasteiger partial charge on any atom is 0.319 e. The number of rotatable bonds is 5. The summed E-state index contributed by atoms with van der Waals surface area (Å²) in [4.78, 5) is 12.8. The second-order valence-corrected chi connectivity index (χ2v) is 3.69. The summed E-state index contributed by atoms with van der Waals surface area (Å²) < 4.78 is 4.57. The van der Waals surface area contributed by atoms with E-state index in [2.05, 4.69) is 4.74 Å². The summed E-state index contributed by atoms with van der Waals surface area (Å²) in [5.41, 5.74) is 1.44. The Morgan fingerprint density at radius 2 is 2.22 bits per heavy atom. The number of esters is 1. The number of methoxy groups -OCH3 is 1. The molecule has 0 aliphatic carbocycles. The minimum atomic E-state index is -0.387. The highest BCUT2D eigenvalue weighted by Gasteiger charge is 2.11. The molecule has 0 N–H and O–H groups in total. The monoisotopic (exact) mass is 243 g/mol. The highest BCUT2D eigenvalue weighted by Crippen LogP contribution is 2.07. The second kappa shape index (κ2) is 7.05. The van der Waals surface area contributed by atoms with Gasteiger partial charge in [-0.2, -0.15) is 10.5 Å². The van der Waals surface area contributed by atoms with Crippen LogP contribution < -0.4 is 0 Å². The van der Waals surface area contributed by atoms with E-state index in [-0.39, 0.29) is 19.1 Å². The molecule has 0 unspecified atom stereocenters. The average Bonchev–Trinajstić information content (AvgIpc) is 2.39. The number of hydrogen-bond donors (Lipinski definition) is 0. The lowest BCUT2D eigenvalue weighted by Crippen LogP contribution is -2.30. The van der Waals surface area contributed by atoms with Crippen LogP contribution in [0.1, 0.15) is 11.1 Å². The predicted molar refractivity (Wildman–Crippen MR) is 64.1 cm³/mol. The van der Waals surface area contributed by atoms with Gasteiger partial charge in [-0.15, -0.1) is 0 Å². The fraction of sp³-hybridized carbons (Fsp3) is 0.308. The van der Waals surface area contributed by atoms with Crippen LogP contribution in [0.2, 0.25) is 0 Å². The van der Waals surface area contributed by atoms with Crippen molar-refractivity contribution in [1.29, 1.82) is 10.5 Å². The van der Waals surface area contributed by atoms with Crippen molar-refractivity contribution >= 4 is 5.97 Å². The lowest BCUT2D eigenvalue weighted by molar-refractivity contribution is -0.141. The summed E-state index contributed by atoms with van der Waals surface area (Å²) >= 11 is 0. The molecule has 1 aromatic rings. The molecule has 0 bridgehead atoms. The average molecular weight is 243 g/mol.